The molecule has 9 heteroatoms. The van der Waals surface area contributed by atoms with Gasteiger partial charge in [-0.1, -0.05) is 15.8 Å². The molecule has 0 aliphatic heterocycles. The fourth-order valence-corrected chi connectivity index (χ4v) is 4.21. The quantitative estimate of drug-likeness (QED) is 0.581. The summed E-state index contributed by atoms with van der Waals surface area (Å²) in [6.07, 6.45) is 1.93. The van der Waals surface area contributed by atoms with E-state index in [2.05, 4.69) is 19.9 Å². The zero-order chi connectivity index (χ0) is 18.3. The Labute approximate surface area is 156 Å². The van der Waals surface area contributed by atoms with Gasteiger partial charge in [0.2, 0.25) is 0 Å². The number of imidazole rings is 1. The number of benzene rings is 1. The number of nitrogens with zero attached hydrogens (tertiary/aromatic N) is 4. The smallest absolute Gasteiger partial charge is 0.265 e. The van der Waals surface area contributed by atoms with E-state index in [1.165, 1.54) is 23.5 Å². The minimum absolute atomic E-state index is 0.171. The molecule has 0 fully saturated rings. The predicted molar refractivity (Wildman–Crippen MR) is 99.0 cm³/mol. The molecule has 3 heterocycles. The van der Waals surface area contributed by atoms with E-state index in [0.29, 0.717) is 17.1 Å². The summed E-state index contributed by atoms with van der Waals surface area (Å²) in [6, 6.07) is 6.27. The van der Waals surface area contributed by atoms with E-state index < -0.39 is 0 Å². The maximum Gasteiger partial charge on any atom is 0.265 e. The highest BCUT2D eigenvalue weighted by Gasteiger charge is 2.16. The molecular formula is C17H14FN5OS2. The summed E-state index contributed by atoms with van der Waals surface area (Å²) in [4.78, 5) is 19.2. The molecular weight excluding hydrogens is 373 g/mol. The van der Waals surface area contributed by atoms with Gasteiger partial charge in [0.15, 0.2) is 4.96 Å². The summed E-state index contributed by atoms with van der Waals surface area (Å²) < 4.78 is 18.8. The molecule has 6 nitrogen and oxygen atoms in total. The van der Waals surface area contributed by atoms with Crippen LogP contribution in [-0.2, 0) is 6.54 Å². The zero-order valence-electron chi connectivity index (χ0n) is 14.0. The number of nitrogens with one attached hydrogen (secondary N) is 1. The second kappa shape index (κ2) is 6.58. The number of carbonyl (C=O) groups excluding carboxylic acids is 1. The summed E-state index contributed by atoms with van der Waals surface area (Å²) in [5.74, 6) is -0.440. The van der Waals surface area contributed by atoms with Crippen LogP contribution in [0.25, 0.3) is 16.2 Å². The molecule has 26 heavy (non-hydrogen) atoms. The highest BCUT2D eigenvalue weighted by molar-refractivity contribution is 7.17. The van der Waals surface area contributed by atoms with Crippen LogP contribution < -0.4 is 5.32 Å². The maximum atomic E-state index is 13.1. The highest BCUT2D eigenvalue weighted by atomic mass is 32.1. The zero-order valence-corrected chi connectivity index (χ0v) is 15.6. The van der Waals surface area contributed by atoms with Crippen molar-refractivity contribution in [2.45, 2.75) is 20.4 Å². The second-order valence-corrected chi connectivity index (χ2v) is 7.58. The first-order chi connectivity index (χ1) is 12.5. The van der Waals surface area contributed by atoms with Crippen molar-refractivity contribution in [3.8, 4) is 11.3 Å². The van der Waals surface area contributed by atoms with E-state index >= 15 is 0 Å². The Bertz CT molecular complexity index is 1100. The molecule has 4 aromatic rings. The normalized spacial score (nSPS) is 11.2. The van der Waals surface area contributed by atoms with Crippen LogP contribution in [0.5, 0.6) is 0 Å². The molecule has 4 rings (SSSR count). The Morgan fingerprint density at radius 1 is 1.27 bits per heavy atom. The van der Waals surface area contributed by atoms with Crippen molar-refractivity contribution in [1.82, 2.24) is 24.3 Å². The molecule has 0 atom stereocenters. The topological polar surface area (TPSA) is 72.2 Å². The molecule has 1 N–H and O–H groups in total. The summed E-state index contributed by atoms with van der Waals surface area (Å²) in [7, 11) is 0. The lowest BCUT2D eigenvalue weighted by Crippen LogP contribution is -2.22. The SMILES string of the molecule is Cc1nnsc1C(=O)NCc1sc2nc(-c3ccc(F)cc3)cn2c1C. The minimum Gasteiger partial charge on any atom is -0.346 e. The lowest BCUT2D eigenvalue weighted by Gasteiger charge is -2.03. The van der Waals surface area contributed by atoms with Crippen LogP contribution in [0.15, 0.2) is 30.5 Å². The molecule has 0 unspecified atom stereocenters. The monoisotopic (exact) mass is 387 g/mol. The van der Waals surface area contributed by atoms with Gasteiger partial charge in [-0.05, 0) is 49.6 Å². The number of aromatic nitrogens is 4. The van der Waals surface area contributed by atoms with Gasteiger partial charge in [0.25, 0.3) is 5.91 Å². The first-order valence-electron chi connectivity index (χ1n) is 7.83. The third kappa shape index (κ3) is 2.99. The van der Waals surface area contributed by atoms with Crippen molar-refractivity contribution in [3.63, 3.8) is 0 Å². The maximum absolute atomic E-state index is 13.1. The number of amides is 1. The molecule has 0 bridgehead atoms. The molecule has 0 aliphatic carbocycles. The summed E-state index contributed by atoms with van der Waals surface area (Å²) in [6.45, 7) is 4.17. The van der Waals surface area contributed by atoms with Gasteiger partial charge in [-0.2, -0.15) is 0 Å². The van der Waals surface area contributed by atoms with Crippen molar-refractivity contribution in [2.24, 2.45) is 0 Å². The van der Waals surface area contributed by atoms with E-state index in [0.717, 1.165) is 38.3 Å². The summed E-state index contributed by atoms with van der Waals surface area (Å²) in [5.41, 5.74) is 3.31. The van der Waals surface area contributed by atoms with Gasteiger partial charge in [-0.3, -0.25) is 9.20 Å². The van der Waals surface area contributed by atoms with Crippen LogP contribution in [0.3, 0.4) is 0 Å². The highest BCUT2D eigenvalue weighted by Crippen LogP contribution is 2.27. The van der Waals surface area contributed by atoms with E-state index in [-0.39, 0.29) is 11.7 Å². The number of hydrogen-bond donors (Lipinski definition) is 1. The Morgan fingerprint density at radius 2 is 2.04 bits per heavy atom. The first-order valence-corrected chi connectivity index (χ1v) is 9.42. The van der Waals surface area contributed by atoms with Crippen LogP contribution in [-0.4, -0.2) is 24.9 Å². The molecule has 0 spiro atoms. The van der Waals surface area contributed by atoms with Gasteiger partial charge >= 0.3 is 0 Å². The van der Waals surface area contributed by atoms with E-state index in [1.807, 2.05) is 17.5 Å². The van der Waals surface area contributed by atoms with Gasteiger partial charge in [-0.25, -0.2) is 9.37 Å². The number of fused-ring (bicyclic) bond motifs is 1. The fourth-order valence-electron chi connectivity index (χ4n) is 2.60. The van der Waals surface area contributed by atoms with E-state index in [9.17, 15) is 9.18 Å². The van der Waals surface area contributed by atoms with Crippen LogP contribution in [0, 0.1) is 19.7 Å². The number of hydrogen-bond acceptors (Lipinski definition) is 6. The fraction of sp³-hybridized carbons (Fsp3) is 0.176. The van der Waals surface area contributed by atoms with E-state index in [4.69, 9.17) is 0 Å². The molecule has 3 aromatic heterocycles. The predicted octanol–water partition coefficient (Wildman–Crippen LogP) is 3.60. The number of rotatable bonds is 4. The number of carbonyl (C=O) groups is 1. The van der Waals surface area contributed by atoms with Crippen LogP contribution >= 0.6 is 22.9 Å². The van der Waals surface area contributed by atoms with Crippen LogP contribution in [0.2, 0.25) is 0 Å². The second-order valence-electron chi connectivity index (χ2n) is 5.77. The summed E-state index contributed by atoms with van der Waals surface area (Å²) >= 11 is 2.61. The number of halogens is 1. The Kier molecular flexibility index (Phi) is 4.25. The minimum atomic E-state index is -0.268. The Hall–Kier alpha value is -2.65. The Morgan fingerprint density at radius 3 is 2.69 bits per heavy atom. The molecule has 0 saturated carbocycles. The standard InChI is InChI=1S/C17H14FN5OS2/c1-9-15(26-22-21-9)16(24)19-7-14-10(2)23-8-13(20-17(23)25-14)11-3-5-12(18)6-4-11/h3-6,8H,7H2,1-2H3,(H,19,24). The first kappa shape index (κ1) is 16.8. The van der Waals surface area contributed by atoms with Crippen molar-refractivity contribution >= 4 is 33.7 Å². The molecule has 0 aliphatic rings. The van der Waals surface area contributed by atoms with Crippen molar-refractivity contribution in [1.29, 1.82) is 0 Å². The molecule has 0 saturated heterocycles. The third-order valence-electron chi connectivity index (χ3n) is 4.06. The largest absolute Gasteiger partial charge is 0.346 e. The molecule has 132 valence electrons. The average molecular weight is 387 g/mol. The Balaban J connectivity index is 1.55. The summed E-state index contributed by atoms with van der Waals surface area (Å²) in [5, 5.41) is 6.76. The van der Waals surface area contributed by atoms with E-state index in [1.54, 1.807) is 19.1 Å². The molecule has 1 amide bonds. The number of aryl methyl sites for hydroxylation is 2. The molecule has 1 aromatic carbocycles. The van der Waals surface area contributed by atoms with Gasteiger partial charge in [0.05, 0.1) is 17.9 Å². The lowest BCUT2D eigenvalue weighted by atomic mass is 10.2. The van der Waals surface area contributed by atoms with Crippen LogP contribution in [0.1, 0.15) is 25.9 Å². The average Bonchev–Trinajstić information content (AvgIpc) is 3.30. The molecule has 0 radical (unpaired) electrons. The van der Waals surface area contributed by atoms with Gasteiger partial charge in [0, 0.05) is 22.3 Å². The van der Waals surface area contributed by atoms with Gasteiger partial charge in [-0.15, -0.1) is 5.10 Å². The lowest BCUT2D eigenvalue weighted by molar-refractivity contribution is 0.0954. The number of thiazole rings is 1. The van der Waals surface area contributed by atoms with Crippen molar-refractivity contribution in [3.05, 3.63) is 57.4 Å². The third-order valence-corrected chi connectivity index (χ3v) is 6.04. The van der Waals surface area contributed by atoms with Crippen molar-refractivity contribution in [2.75, 3.05) is 0 Å². The van der Waals surface area contributed by atoms with Crippen molar-refractivity contribution < 1.29 is 9.18 Å². The van der Waals surface area contributed by atoms with Gasteiger partial charge in [0.1, 0.15) is 10.7 Å². The van der Waals surface area contributed by atoms with Crippen LogP contribution in [0.4, 0.5) is 4.39 Å². The van der Waals surface area contributed by atoms with Gasteiger partial charge < -0.3 is 5.32 Å².